The Bertz CT molecular complexity index is 219. The second-order valence-corrected chi connectivity index (χ2v) is 6.69. The molecule has 106 valence electrons. The first-order chi connectivity index (χ1) is 8.75. The molecule has 0 heterocycles. The molecule has 0 aliphatic heterocycles. The highest BCUT2D eigenvalue weighted by Gasteiger charge is 2.32. The van der Waals surface area contributed by atoms with E-state index in [9.17, 15) is 0 Å². The fourth-order valence-corrected chi connectivity index (χ4v) is 2.68. The molecule has 1 N–H and O–H groups in total. The molecular formula is C16H32N2. The highest BCUT2D eigenvalue weighted by atomic mass is 15.2. The van der Waals surface area contributed by atoms with Crippen LogP contribution in [0.2, 0.25) is 0 Å². The van der Waals surface area contributed by atoms with Gasteiger partial charge in [0.05, 0.1) is 0 Å². The van der Waals surface area contributed by atoms with Crippen LogP contribution in [0.3, 0.4) is 0 Å². The molecular weight excluding hydrogens is 220 g/mol. The first-order valence-electron chi connectivity index (χ1n) is 8.23. The van der Waals surface area contributed by atoms with Gasteiger partial charge in [0.15, 0.2) is 0 Å². The maximum atomic E-state index is 3.50. The summed E-state index contributed by atoms with van der Waals surface area (Å²) in [5.74, 6) is 1.07. The van der Waals surface area contributed by atoms with Crippen LogP contribution in [0.25, 0.3) is 0 Å². The predicted octanol–water partition coefficient (Wildman–Crippen LogP) is 3.42. The van der Waals surface area contributed by atoms with Gasteiger partial charge in [0.2, 0.25) is 0 Å². The van der Waals surface area contributed by atoms with Crippen LogP contribution in [0, 0.1) is 5.92 Å². The maximum absolute atomic E-state index is 3.50. The fraction of sp³-hybridized carbons (Fsp3) is 1.00. The van der Waals surface area contributed by atoms with E-state index in [1.165, 1.54) is 71.0 Å². The molecule has 2 rings (SSSR count). The molecule has 0 amide bonds. The molecule has 0 aromatic rings. The number of rotatable bonds is 11. The number of hydrogen-bond acceptors (Lipinski definition) is 2. The van der Waals surface area contributed by atoms with Crippen LogP contribution < -0.4 is 5.32 Å². The summed E-state index contributed by atoms with van der Waals surface area (Å²) < 4.78 is 0. The van der Waals surface area contributed by atoms with Crippen LogP contribution in [0.1, 0.15) is 65.2 Å². The summed E-state index contributed by atoms with van der Waals surface area (Å²) in [6.07, 6.45) is 11.6. The van der Waals surface area contributed by atoms with Crippen molar-refractivity contribution in [1.82, 2.24) is 10.2 Å². The molecule has 2 aliphatic rings. The van der Waals surface area contributed by atoms with Gasteiger partial charge in [-0.15, -0.1) is 0 Å². The van der Waals surface area contributed by atoms with Crippen LogP contribution in [0.15, 0.2) is 0 Å². The lowest BCUT2D eigenvalue weighted by Gasteiger charge is -2.21. The van der Waals surface area contributed by atoms with Crippen LogP contribution in [0.4, 0.5) is 0 Å². The Hall–Kier alpha value is -0.0800. The van der Waals surface area contributed by atoms with Crippen LogP contribution in [0.5, 0.6) is 0 Å². The van der Waals surface area contributed by atoms with Crippen molar-refractivity contribution in [3.05, 3.63) is 0 Å². The summed E-state index contributed by atoms with van der Waals surface area (Å²) in [5.41, 5.74) is 0. The minimum atomic E-state index is 0.647. The molecule has 0 radical (unpaired) electrons. The van der Waals surface area contributed by atoms with Gasteiger partial charge >= 0.3 is 0 Å². The zero-order chi connectivity index (χ0) is 12.8. The molecule has 0 unspecified atom stereocenters. The number of nitrogens with one attached hydrogen (secondary N) is 1. The standard InChI is InChI=1S/C16H32N2/c1-14(2)17-11-5-3-4-6-12-18(16-9-10-16)13-15-7-8-15/h14-17H,3-13H2,1-2H3. The molecule has 0 aromatic heterocycles. The Morgan fingerprint density at radius 3 is 2.33 bits per heavy atom. The monoisotopic (exact) mass is 252 g/mol. The van der Waals surface area contributed by atoms with Crippen LogP contribution >= 0.6 is 0 Å². The zero-order valence-electron chi connectivity index (χ0n) is 12.5. The minimum absolute atomic E-state index is 0.647. The van der Waals surface area contributed by atoms with Gasteiger partial charge in [0.1, 0.15) is 0 Å². The summed E-state index contributed by atoms with van der Waals surface area (Å²) in [5, 5.41) is 3.50. The van der Waals surface area contributed by atoms with E-state index in [0.29, 0.717) is 6.04 Å². The van der Waals surface area contributed by atoms with E-state index >= 15 is 0 Å². The normalized spacial score (nSPS) is 20.0. The van der Waals surface area contributed by atoms with Gasteiger partial charge in [0.25, 0.3) is 0 Å². The van der Waals surface area contributed by atoms with Crippen molar-refractivity contribution in [2.75, 3.05) is 19.6 Å². The average Bonchev–Trinajstić information content (AvgIpc) is 3.17. The Labute approximate surface area is 114 Å². The van der Waals surface area contributed by atoms with Gasteiger partial charge in [0, 0.05) is 18.6 Å². The van der Waals surface area contributed by atoms with Gasteiger partial charge in [-0.3, -0.25) is 0 Å². The second kappa shape index (κ2) is 7.49. The third kappa shape index (κ3) is 6.19. The molecule has 2 saturated carbocycles. The van der Waals surface area contributed by atoms with Crippen molar-refractivity contribution in [1.29, 1.82) is 0 Å². The molecule has 0 bridgehead atoms. The van der Waals surface area contributed by atoms with E-state index in [0.717, 1.165) is 12.0 Å². The lowest BCUT2D eigenvalue weighted by molar-refractivity contribution is 0.246. The van der Waals surface area contributed by atoms with E-state index in [1.54, 1.807) is 0 Å². The highest BCUT2D eigenvalue weighted by molar-refractivity contribution is 4.88. The van der Waals surface area contributed by atoms with Crippen molar-refractivity contribution in [3.8, 4) is 0 Å². The zero-order valence-corrected chi connectivity index (χ0v) is 12.5. The van der Waals surface area contributed by atoms with Crippen LogP contribution in [-0.4, -0.2) is 36.6 Å². The van der Waals surface area contributed by atoms with Gasteiger partial charge in [-0.2, -0.15) is 0 Å². The number of nitrogens with zero attached hydrogens (tertiary/aromatic N) is 1. The predicted molar refractivity (Wildman–Crippen MR) is 78.9 cm³/mol. The Morgan fingerprint density at radius 2 is 1.72 bits per heavy atom. The summed E-state index contributed by atoms with van der Waals surface area (Å²) in [7, 11) is 0. The smallest absolute Gasteiger partial charge is 0.00965 e. The lowest BCUT2D eigenvalue weighted by Crippen LogP contribution is -2.29. The molecule has 2 fully saturated rings. The molecule has 2 nitrogen and oxygen atoms in total. The van der Waals surface area contributed by atoms with E-state index in [4.69, 9.17) is 0 Å². The molecule has 18 heavy (non-hydrogen) atoms. The second-order valence-electron chi connectivity index (χ2n) is 6.69. The van der Waals surface area contributed by atoms with Crippen molar-refractivity contribution < 1.29 is 0 Å². The van der Waals surface area contributed by atoms with Gasteiger partial charge in [-0.05, 0) is 57.5 Å². The van der Waals surface area contributed by atoms with Crippen molar-refractivity contribution in [2.24, 2.45) is 5.92 Å². The first-order valence-corrected chi connectivity index (χ1v) is 8.23. The number of unbranched alkanes of at least 4 members (excludes halogenated alkanes) is 3. The van der Waals surface area contributed by atoms with Gasteiger partial charge < -0.3 is 10.2 Å². The fourth-order valence-electron chi connectivity index (χ4n) is 2.68. The van der Waals surface area contributed by atoms with E-state index in [2.05, 4.69) is 24.1 Å². The van der Waals surface area contributed by atoms with E-state index < -0.39 is 0 Å². The van der Waals surface area contributed by atoms with Gasteiger partial charge in [-0.25, -0.2) is 0 Å². The third-order valence-electron chi connectivity index (χ3n) is 4.18. The van der Waals surface area contributed by atoms with E-state index in [1.807, 2.05) is 0 Å². The summed E-state index contributed by atoms with van der Waals surface area (Å²) >= 11 is 0. The minimum Gasteiger partial charge on any atom is -0.315 e. The topological polar surface area (TPSA) is 15.3 Å². The Morgan fingerprint density at radius 1 is 1.00 bits per heavy atom. The number of hydrogen-bond donors (Lipinski definition) is 1. The first kappa shape index (κ1) is 14.3. The molecule has 2 aliphatic carbocycles. The molecule has 0 spiro atoms. The largest absolute Gasteiger partial charge is 0.315 e. The molecule has 0 aromatic carbocycles. The molecule has 0 atom stereocenters. The summed E-state index contributed by atoms with van der Waals surface area (Å²) in [6, 6.07) is 1.63. The maximum Gasteiger partial charge on any atom is 0.00965 e. The van der Waals surface area contributed by atoms with Crippen molar-refractivity contribution in [3.63, 3.8) is 0 Å². The molecule has 2 heteroatoms. The third-order valence-corrected chi connectivity index (χ3v) is 4.18. The molecule has 0 saturated heterocycles. The van der Waals surface area contributed by atoms with Crippen LogP contribution in [-0.2, 0) is 0 Å². The van der Waals surface area contributed by atoms with Gasteiger partial charge in [-0.1, -0.05) is 26.7 Å². The summed E-state index contributed by atoms with van der Waals surface area (Å²) in [6.45, 7) is 8.45. The van der Waals surface area contributed by atoms with Crippen molar-refractivity contribution in [2.45, 2.75) is 77.3 Å². The Balaban J connectivity index is 1.43. The summed E-state index contributed by atoms with van der Waals surface area (Å²) in [4.78, 5) is 2.80. The lowest BCUT2D eigenvalue weighted by atomic mass is 10.1. The van der Waals surface area contributed by atoms with E-state index in [-0.39, 0.29) is 0 Å². The Kier molecular flexibility index (Phi) is 5.97. The average molecular weight is 252 g/mol. The highest BCUT2D eigenvalue weighted by Crippen LogP contribution is 2.34. The SMILES string of the molecule is CC(C)NCCCCCCN(CC1CC1)C1CC1. The quantitative estimate of drug-likeness (QED) is 0.567. The van der Waals surface area contributed by atoms with Crippen molar-refractivity contribution >= 4 is 0 Å².